The van der Waals surface area contributed by atoms with Gasteiger partial charge in [-0.05, 0) is 55.9 Å². The van der Waals surface area contributed by atoms with E-state index in [-0.39, 0.29) is 11.9 Å². The molecule has 152 valence electrons. The van der Waals surface area contributed by atoms with Gasteiger partial charge in [-0.15, -0.1) is 0 Å². The molecule has 4 unspecified atom stereocenters. The summed E-state index contributed by atoms with van der Waals surface area (Å²) in [5.74, 6) is 0.443. The Hall–Kier alpha value is -0.910. The van der Waals surface area contributed by atoms with Crippen LogP contribution in [0.4, 0.5) is 0 Å². The predicted molar refractivity (Wildman–Crippen MR) is 103 cm³/mol. The summed E-state index contributed by atoms with van der Waals surface area (Å²) < 4.78 is 5.85. The van der Waals surface area contributed by atoms with Crippen molar-refractivity contribution in [3.63, 3.8) is 0 Å². The van der Waals surface area contributed by atoms with Crippen LogP contribution in [0, 0.1) is 17.3 Å². The predicted octanol–water partition coefficient (Wildman–Crippen LogP) is 2.70. The van der Waals surface area contributed by atoms with Crippen molar-refractivity contribution in [2.75, 3.05) is 6.54 Å². The molecule has 0 saturated heterocycles. The maximum atomic E-state index is 12.7. The Morgan fingerprint density at radius 3 is 2.67 bits per heavy atom. The zero-order valence-corrected chi connectivity index (χ0v) is 17.0. The van der Waals surface area contributed by atoms with Gasteiger partial charge in [0.1, 0.15) is 6.10 Å². The first kappa shape index (κ1) is 19.4. The third kappa shape index (κ3) is 2.80. The minimum absolute atomic E-state index is 0.0732. The van der Waals surface area contributed by atoms with Crippen LogP contribution in [-0.4, -0.2) is 46.6 Å². The number of aliphatic hydroxyl groups excluding tert-OH is 1. The van der Waals surface area contributed by atoms with Crippen LogP contribution in [0.25, 0.3) is 0 Å². The average Bonchev–Trinajstić information content (AvgIpc) is 3.06. The lowest BCUT2D eigenvalue weighted by Crippen LogP contribution is -2.56. The van der Waals surface area contributed by atoms with E-state index in [0.29, 0.717) is 31.3 Å². The lowest BCUT2D eigenvalue weighted by Gasteiger charge is -2.46. The van der Waals surface area contributed by atoms with Gasteiger partial charge >= 0.3 is 5.97 Å². The normalized spacial score (nSPS) is 47.4. The lowest BCUT2D eigenvalue weighted by atomic mass is 9.65. The van der Waals surface area contributed by atoms with E-state index in [0.717, 1.165) is 30.4 Å². The molecular formula is C22H35NO4. The van der Waals surface area contributed by atoms with Crippen LogP contribution in [0.15, 0.2) is 11.1 Å². The average molecular weight is 378 g/mol. The molecular weight excluding hydrogens is 342 g/mol. The van der Waals surface area contributed by atoms with E-state index in [1.54, 1.807) is 0 Å². The molecule has 5 heteroatoms. The maximum Gasteiger partial charge on any atom is 0.336 e. The van der Waals surface area contributed by atoms with E-state index in [4.69, 9.17) is 4.74 Å². The van der Waals surface area contributed by atoms with E-state index < -0.39 is 23.2 Å². The Labute approximate surface area is 162 Å². The van der Waals surface area contributed by atoms with Crippen LogP contribution in [-0.2, 0) is 9.53 Å². The van der Waals surface area contributed by atoms with E-state index >= 15 is 0 Å². The summed E-state index contributed by atoms with van der Waals surface area (Å²) >= 11 is 0. The van der Waals surface area contributed by atoms with Gasteiger partial charge in [-0.3, -0.25) is 0 Å². The summed E-state index contributed by atoms with van der Waals surface area (Å²) in [6, 6.07) is 0.452. The van der Waals surface area contributed by atoms with Crippen molar-refractivity contribution in [2.45, 2.75) is 96.0 Å². The SMILES string of the molecule is CC1CCCCC1NCC1=C2CC[C@H](C)C3(O)CCC(O)[C@@]3(C)[C@@H]2OC1=O. The second-order valence-corrected chi connectivity index (χ2v) is 9.74. The molecule has 0 aromatic carbocycles. The van der Waals surface area contributed by atoms with Crippen LogP contribution in [0.2, 0.25) is 0 Å². The molecule has 1 heterocycles. The summed E-state index contributed by atoms with van der Waals surface area (Å²) in [6.07, 6.45) is 6.51. The van der Waals surface area contributed by atoms with Crippen LogP contribution in [0.1, 0.15) is 72.1 Å². The molecule has 0 bridgehead atoms. The zero-order valence-electron chi connectivity index (χ0n) is 17.0. The number of rotatable bonds is 3. The number of hydrogen-bond acceptors (Lipinski definition) is 5. The van der Waals surface area contributed by atoms with Crippen LogP contribution in [0.5, 0.6) is 0 Å². The Morgan fingerprint density at radius 2 is 1.93 bits per heavy atom. The van der Waals surface area contributed by atoms with Crippen molar-refractivity contribution in [1.82, 2.24) is 5.32 Å². The minimum atomic E-state index is -0.986. The molecule has 0 spiro atoms. The molecule has 0 amide bonds. The van der Waals surface area contributed by atoms with Crippen molar-refractivity contribution < 1.29 is 19.7 Å². The van der Waals surface area contributed by atoms with Crippen LogP contribution < -0.4 is 5.32 Å². The van der Waals surface area contributed by atoms with Gasteiger partial charge < -0.3 is 20.3 Å². The number of aliphatic hydroxyl groups is 2. The summed E-state index contributed by atoms with van der Waals surface area (Å²) in [4.78, 5) is 12.7. The van der Waals surface area contributed by atoms with E-state index in [9.17, 15) is 15.0 Å². The summed E-state index contributed by atoms with van der Waals surface area (Å²) in [5.41, 5.74) is -0.0510. The van der Waals surface area contributed by atoms with E-state index in [1.807, 2.05) is 6.92 Å². The van der Waals surface area contributed by atoms with E-state index in [1.165, 1.54) is 19.3 Å². The minimum Gasteiger partial charge on any atom is -0.454 e. The highest BCUT2D eigenvalue weighted by Gasteiger charge is 2.66. The van der Waals surface area contributed by atoms with Gasteiger partial charge in [-0.25, -0.2) is 4.79 Å². The molecule has 3 aliphatic carbocycles. The van der Waals surface area contributed by atoms with Crippen molar-refractivity contribution in [1.29, 1.82) is 0 Å². The fourth-order valence-electron chi connectivity index (χ4n) is 6.35. The van der Waals surface area contributed by atoms with Gasteiger partial charge in [0.05, 0.1) is 22.7 Å². The number of carbonyl (C=O) groups excluding carboxylic acids is 1. The monoisotopic (exact) mass is 377 g/mol. The number of carbonyl (C=O) groups is 1. The van der Waals surface area contributed by atoms with Gasteiger partial charge in [-0.2, -0.15) is 0 Å². The summed E-state index contributed by atoms with van der Waals surface area (Å²) in [6.45, 7) is 6.82. The van der Waals surface area contributed by atoms with E-state index in [2.05, 4.69) is 19.2 Å². The van der Waals surface area contributed by atoms with Crippen molar-refractivity contribution in [3.05, 3.63) is 11.1 Å². The molecule has 27 heavy (non-hydrogen) atoms. The molecule has 3 saturated carbocycles. The standard InChI is InChI=1S/C22H35NO4/c1-13-6-4-5-7-17(13)23-12-16-15-9-8-14(2)22(26)11-10-18(24)21(22,3)19(15)27-20(16)25/h13-14,17-19,23-24,26H,4-12H2,1-3H3/t13?,14-,17?,18?,19+,21-,22?/m0/s1. The highest BCUT2D eigenvalue weighted by Crippen LogP contribution is 2.59. The van der Waals surface area contributed by atoms with Crippen molar-refractivity contribution >= 4 is 5.97 Å². The van der Waals surface area contributed by atoms with Gasteiger partial charge in [0.2, 0.25) is 0 Å². The Balaban J connectivity index is 1.62. The summed E-state index contributed by atoms with van der Waals surface area (Å²) in [7, 11) is 0. The van der Waals surface area contributed by atoms with Gasteiger partial charge in [0.25, 0.3) is 0 Å². The molecule has 4 rings (SSSR count). The Kier molecular flexibility index (Phi) is 4.93. The Bertz CT molecular complexity index is 646. The van der Waals surface area contributed by atoms with Gasteiger partial charge in [-0.1, -0.05) is 33.6 Å². The second-order valence-electron chi connectivity index (χ2n) is 9.74. The highest BCUT2D eigenvalue weighted by molar-refractivity contribution is 5.93. The first-order chi connectivity index (χ1) is 12.8. The Morgan fingerprint density at radius 1 is 1.19 bits per heavy atom. The third-order valence-electron chi connectivity index (χ3n) is 8.46. The number of ether oxygens (including phenoxy) is 1. The molecule has 1 aliphatic heterocycles. The highest BCUT2D eigenvalue weighted by atomic mass is 16.6. The lowest BCUT2D eigenvalue weighted by molar-refractivity contribution is -0.177. The number of esters is 1. The number of hydrogen-bond donors (Lipinski definition) is 3. The molecule has 3 fully saturated rings. The number of nitrogens with one attached hydrogen (secondary N) is 1. The molecule has 0 aromatic rings. The fourth-order valence-corrected chi connectivity index (χ4v) is 6.35. The third-order valence-corrected chi connectivity index (χ3v) is 8.46. The van der Waals surface area contributed by atoms with Gasteiger partial charge in [0.15, 0.2) is 0 Å². The molecule has 0 aromatic heterocycles. The smallest absolute Gasteiger partial charge is 0.336 e. The zero-order chi connectivity index (χ0) is 19.4. The molecule has 7 atom stereocenters. The molecule has 5 nitrogen and oxygen atoms in total. The largest absolute Gasteiger partial charge is 0.454 e. The van der Waals surface area contributed by atoms with Gasteiger partial charge in [0, 0.05) is 12.6 Å². The van der Waals surface area contributed by atoms with Crippen LogP contribution >= 0.6 is 0 Å². The molecule has 3 N–H and O–H groups in total. The first-order valence-corrected chi connectivity index (χ1v) is 10.9. The van der Waals surface area contributed by atoms with Crippen molar-refractivity contribution in [2.24, 2.45) is 17.3 Å². The summed E-state index contributed by atoms with van der Waals surface area (Å²) in [5, 5.41) is 25.9. The molecule has 4 aliphatic rings. The quantitative estimate of drug-likeness (QED) is 0.659. The first-order valence-electron chi connectivity index (χ1n) is 10.9. The number of fused-ring (bicyclic) bond motifs is 3. The maximum absolute atomic E-state index is 12.7. The second kappa shape index (κ2) is 6.85. The van der Waals surface area contributed by atoms with Crippen molar-refractivity contribution in [3.8, 4) is 0 Å². The molecule has 0 radical (unpaired) electrons. The topological polar surface area (TPSA) is 78.8 Å². The fraction of sp³-hybridized carbons (Fsp3) is 0.864. The van der Waals surface area contributed by atoms with Crippen LogP contribution in [0.3, 0.4) is 0 Å².